The molecule has 0 aromatic heterocycles. The Hall–Kier alpha value is -3.24. The van der Waals surface area contributed by atoms with Gasteiger partial charge >= 0.3 is 6.18 Å². The van der Waals surface area contributed by atoms with Crippen LogP contribution in [0.5, 0.6) is 11.5 Å². The number of amides is 1. The standard InChI is InChI=1S/C20H15F3N2O4S.ClH/c21-20(22,23)14-7-9-15(10-8-14)29-18-4-2-1-3-17(18)25-30(27,28)16-11-5-13(6-12-16)19(24)26;/h1-12,25H,(H2,24,26);1H. The third-order valence-corrected chi connectivity index (χ3v) is 5.37. The summed E-state index contributed by atoms with van der Waals surface area (Å²) in [7, 11) is -4.03. The first-order valence-electron chi connectivity index (χ1n) is 8.43. The molecule has 0 atom stereocenters. The molecule has 0 heterocycles. The Kier molecular flexibility index (Phi) is 7.19. The second-order valence-electron chi connectivity index (χ2n) is 6.11. The summed E-state index contributed by atoms with van der Waals surface area (Å²) in [5.74, 6) is -0.503. The van der Waals surface area contributed by atoms with Gasteiger partial charge in [0.25, 0.3) is 10.0 Å². The minimum absolute atomic E-state index is 0. The van der Waals surface area contributed by atoms with E-state index in [2.05, 4.69) is 4.72 Å². The maximum absolute atomic E-state index is 12.7. The number of sulfonamides is 1. The number of alkyl halides is 3. The third-order valence-electron chi connectivity index (χ3n) is 3.99. The second-order valence-corrected chi connectivity index (χ2v) is 7.80. The van der Waals surface area contributed by atoms with Crippen molar-refractivity contribution in [2.45, 2.75) is 11.1 Å². The lowest BCUT2D eigenvalue weighted by Gasteiger charge is -2.14. The van der Waals surface area contributed by atoms with E-state index < -0.39 is 27.7 Å². The summed E-state index contributed by atoms with van der Waals surface area (Å²) in [5.41, 5.74) is 4.54. The van der Waals surface area contributed by atoms with Crippen molar-refractivity contribution in [2.24, 2.45) is 5.73 Å². The molecule has 0 aliphatic rings. The monoisotopic (exact) mass is 472 g/mol. The highest BCUT2D eigenvalue weighted by molar-refractivity contribution is 7.92. The van der Waals surface area contributed by atoms with Crippen LogP contribution in [0.25, 0.3) is 0 Å². The second kappa shape index (κ2) is 9.27. The van der Waals surface area contributed by atoms with E-state index in [1.807, 2.05) is 0 Å². The van der Waals surface area contributed by atoms with Crippen molar-refractivity contribution in [3.8, 4) is 11.5 Å². The number of halogens is 4. The summed E-state index contributed by atoms with van der Waals surface area (Å²) < 4.78 is 71.2. The van der Waals surface area contributed by atoms with E-state index in [-0.39, 0.29) is 40.1 Å². The minimum atomic E-state index is -4.48. The lowest BCUT2D eigenvalue weighted by atomic mass is 10.2. The van der Waals surface area contributed by atoms with Gasteiger partial charge in [-0.15, -0.1) is 12.4 Å². The highest BCUT2D eigenvalue weighted by atomic mass is 35.5. The number of hydrogen-bond donors (Lipinski definition) is 2. The predicted octanol–water partition coefficient (Wildman–Crippen LogP) is 4.82. The summed E-state index contributed by atoms with van der Waals surface area (Å²) in [6.07, 6.45) is -4.48. The van der Waals surface area contributed by atoms with Gasteiger partial charge in [-0.05, 0) is 60.7 Å². The molecule has 11 heteroatoms. The van der Waals surface area contributed by atoms with Crippen molar-refractivity contribution in [3.63, 3.8) is 0 Å². The minimum Gasteiger partial charge on any atom is -0.455 e. The Morgan fingerprint density at radius 3 is 2.03 bits per heavy atom. The van der Waals surface area contributed by atoms with Gasteiger partial charge in [0.1, 0.15) is 5.75 Å². The van der Waals surface area contributed by atoms with E-state index in [0.29, 0.717) is 0 Å². The molecule has 0 aliphatic carbocycles. The highest BCUT2D eigenvalue weighted by Gasteiger charge is 2.30. The van der Waals surface area contributed by atoms with E-state index in [4.69, 9.17) is 10.5 Å². The molecule has 1 amide bonds. The van der Waals surface area contributed by atoms with Crippen molar-refractivity contribution < 1.29 is 31.1 Å². The zero-order valence-electron chi connectivity index (χ0n) is 15.6. The van der Waals surface area contributed by atoms with Crippen LogP contribution in [0.15, 0.2) is 77.7 Å². The molecule has 3 aromatic rings. The molecule has 0 saturated carbocycles. The molecule has 3 aromatic carbocycles. The smallest absolute Gasteiger partial charge is 0.416 e. The SMILES string of the molecule is Cl.NC(=O)c1ccc(S(=O)(=O)Nc2ccccc2Oc2ccc(C(F)(F)F)cc2)cc1. The van der Waals surface area contributed by atoms with Crippen molar-refractivity contribution in [1.29, 1.82) is 0 Å². The van der Waals surface area contributed by atoms with Crippen LogP contribution in [-0.2, 0) is 16.2 Å². The number of primary amides is 1. The van der Waals surface area contributed by atoms with Crippen molar-refractivity contribution in [2.75, 3.05) is 4.72 Å². The lowest BCUT2D eigenvalue weighted by Crippen LogP contribution is -2.15. The highest BCUT2D eigenvalue weighted by Crippen LogP contribution is 2.34. The largest absolute Gasteiger partial charge is 0.455 e. The first kappa shape index (κ1) is 24.0. The molecule has 6 nitrogen and oxygen atoms in total. The summed E-state index contributed by atoms with van der Waals surface area (Å²) in [6, 6.07) is 15.1. The van der Waals surface area contributed by atoms with E-state index in [1.165, 1.54) is 36.4 Å². The number of hydrogen-bond acceptors (Lipinski definition) is 4. The summed E-state index contributed by atoms with van der Waals surface area (Å²) in [5, 5.41) is 0. The fourth-order valence-corrected chi connectivity index (χ4v) is 3.55. The van der Waals surface area contributed by atoms with Crippen LogP contribution in [0.4, 0.5) is 18.9 Å². The Bertz CT molecular complexity index is 1170. The number of rotatable bonds is 6. The van der Waals surface area contributed by atoms with Crippen molar-refractivity contribution >= 4 is 34.0 Å². The van der Waals surface area contributed by atoms with Crippen LogP contribution in [-0.4, -0.2) is 14.3 Å². The van der Waals surface area contributed by atoms with Gasteiger partial charge in [0.2, 0.25) is 5.91 Å². The van der Waals surface area contributed by atoms with Crippen LogP contribution in [0.2, 0.25) is 0 Å². The molecule has 0 spiro atoms. The zero-order valence-corrected chi connectivity index (χ0v) is 17.2. The van der Waals surface area contributed by atoms with E-state index >= 15 is 0 Å². The maximum Gasteiger partial charge on any atom is 0.416 e. The van der Waals surface area contributed by atoms with Crippen molar-refractivity contribution in [1.82, 2.24) is 0 Å². The lowest BCUT2D eigenvalue weighted by molar-refractivity contribution is -0.137. The molecule has 0 radical (unpaired) electrons. The maximum atomic E-state index is 12.7. The molecule has 0 bridgehead atoms. The molecule has 3 N–H and O–H groups in total. The van der Waals surface area contributed by atoms with Crippen LogP contribution >= 0.6 is 12.4 Å². The number of benzene rings is 3. The molecule has 0 unspecified atom stereocenters. The molecule has 164 valence electrons. The summed E-state index contributed by atoms with van der Waals surface area (Å²) >= 11 is 0. The molecule has 0 aliphatic heterocycles. The number of carbonyl (C=O) groups excluding carboxylic acids is 1. The van der Waals surface area contributed by atoms with Crippen LogP contribution in [0.3, 0.4) is 0 Å². The first-order valence-corrected chi connectivity index (χ1v) is 9.91. The van der Waals surface area contributed by atoms with Gasteiger partial charge in [0, 0.05) is 5.56 Å². The van der Waals surface area contributed by atoms with E-state index in [1.54, 1.807) is 12.1 Å². The molecule has 0 saturated heterocycles. The zero-order chi connectivity index (χ0) is 21.9. The number of carbonyl (C=O) groups is 1. The van der Waals surface area contributed by atoms with E-state index in [0.717, 1.165) is 24.3 Å². The van der Waals surface area contributed by atoms with Gasteiger partial charge in [-0.3, -0.25) is 9.52 Å². The molecular weight excluding hydrogens is 457 g/mol. The number of nitrogens with two attached hydrogens (primary N) is 1. The Labute approximate surface area is 182 Å². The third kappa shape index (κ3) is 5.89. The fourth-order valence-electron chi connectivity index (χ4n) is 2.48. The fraction of sp³-hybridized carbons (Fsp3) is 0.0500. The van der Waals surface area contributed by atoms with Crippen molar-refractivity contribution in [3.05, 3.63) is 83.9 Å². The molecule has 3 rings (SSSR count). The number of para-hydroxylation sites is 2. The molecule has 0 fully saturated rings. The average molecular weight is 473 g/mol. The molecule has 31 heavy (non-hydrogen) atoms. The number of anilines is 1. The topological polar surface area (TPSA) is 98.5 Å². The number of ether oxygens (including phenoxy) is 1. The van der Waals surface area contributed by atoms with E-state index in [9.17, 15) is 26.4 Å². The summed E-state index contributed by atoms with van der Waals surface area (Å²) in [4.78, 5) is 11.0. The van der Waals surface area contributed by atoms with Gasteiger partial charge in [-0.2, -0.15) is 13.2 Å². The number of nitrogens with one attached hydrogen (secondary N) is 1. The van der Waals surface area contributed by atoms with Gasteiger partial charge < -0.3 is 10.5 Å². The van der Waals surface area contributed by atoms with Gasteiger partial charge in [0.05, 0.1) is 16.1 Å². The van der Waals surface area contributed by atoms with Crippen LogP contribution in [0, 0.1) is 0 Å². The van der Waals surface area contributed by atoms with Crippen LogP contribution in [0.1, 0.15) is 15.9 Å². The average Bonchev–Trinajstić information content (AvgIpc) is 2.69. The van der Waals surface area contributed by atoms with Gasteiger partial charge in [-0.1, -0.05) is 12.1 Å². The normalized spacial score (nSPS) is 11.3. The first-order chi connectivity index (χ1) is 14.1. The Morgan fingerprint density at radius 2 is 1.48 bits per heavy atom. The van der Waals surface area contributed by atoms with Gasteiger partial charge in [-0.25, -0.2) is 8.42 Å². The Balaban J connectivity index is 0.00000341. The summed E-state index contributed by atoms with van der Waals surface area (Å²) in [6.45, 7) is 0. The predicted molar refractivity (Wildman–Crippen MR) is 111 cm³/mol. The molecular formula is C20H16ClF3N2O4S. The Morgan fingerprint density at radius 1 is 0.903 bits per heavy atom. The quantitative estimate of drug-likeness (QED) is 0.537. The van der Waals surface area contributed by atoms with Crippen LogP contribution < -0.4 is 15.2 Å². The van der Waals surface area contributed by atoms with Gasteiger partial charge in [0.15, 0.2) is 5.75 Å².